The molecule has 0 heterocycles. The van der Waals surface area contributed by atoms with Crippen molar-refractivity contribution in [2.24, 2.45) is 0 Å². The number of ether oxygens (including phenoxy) is 1. The van der Waals surface area contributed by atoms with Crippen LogP contribution in [-0.4, -0.2) is 36.0 Å². The molecule has 128 valence electrons. The SMILES string of the molecule is CCOC(=O)C(=Cc1ccc(O)c(O)c1)P(=O)(OCC)OCC. The van der Waals surface area contributed by atoms with Crippen molar-refractivity contribution in [2.75, 3.05) is 19.8 Å². The van der Waals surface area contributed by atoms with Crippen LogP contribution in [0, 0.1) is 0 Å². The van der Waals surface area contributed by atoms with E-state index in [0.29, 0.717) is 5.56 Å². The van der Waals surface area contributed by atoms with Gasteiger partial charge in [-0.05, 0) is 44.5 Å². The van der Waals surface area contributed by atoms with E-state index >= 15 is 0 Å². The molecule has 1 aromatic carbocycles. The summed E-state index contributed by atoms with van der Waals surface area (Å²) in [7, 11) is -3.87. The predicted octanol–water partition coefficient (Wildman–Crippen LogP) is 3.27. The van der Waals surface area contributed by atoms with E-state index in [9.17, 15) is 19.6 Å². The Hall–Kier alpha value is -1.82. The molecule has 0 aliphatic carbocycles. The van der Waals surface area contributed by atoms with Crippen LogP contribution in [0.3, 0.4) is 0 Å². The van der Waals surface area contributed by atoms with Crippen molar-refractivity contribution in [2.45, 2.75) is 20.8 Å². The van der Waals surface area contributed by atoms with Crippen molar-refractivity contribution in [1.29, 1.82) is 0 Å². The largest absolute Gasteiger partial charge is 0.504 e. The van der Waals surface area contributed by atoms with Gasteiger partial charge in [-0.1, -0.05) is 6.07 Å². The van der Waals surface area contributed by atoms with Crippen LogP contribution in [0.4, 0.5) is 0 Å². The molecule has 0 spiro atoms. The number of phenolic OH excluding ortho intramolecular Hbond substituents is 2. The molecule has 1 aromatic rings. The standard InChI is InChI=1S/C15H21O7P/c1-4-20-15(18)14(23(19,21-5-2)22-6-3)10-11-7-8-12(16)13(17)9-11/h7-10,16-17H,4-6H2,1-3H3. The topological polar surface area (TPSA) is 102 Å². The first kappa shape index (κ1) is 19.2. The molecule has 2 N–H and O–H groups in total. The molecule has 1 rings (SSSR count). The van der Waals surface area contributed by atoms with Crippen molar-refractivity contribution >= 4 is 19.6 Å². The first-order valence-electron chi connectivity index (χ1n) is 7.18. The molecule has 23 heavy (non-hydrogen) atoms. The number of carbonyl (C=O) groups is 1. The summed E-state index contributed by atoms with van der Waals surface area (Å²) in [5.74, 6) is -1.51. The monoisotopic (exact) mass is 344 g/mol. The number of carbonyl (C=O) groups excluding carboxylic acids is 1. The second kappa shape index (κ2) is 8.72. The highest BCUT2D eigenvalue weighted by Crippen LogP contribution is 2.57. The van der Waals surface area contributed by atoms with E-state index in [0.717, 1.165) is 0 Å². The van der Waals surface area contributed by atoms with Gasteiger partial charge in [0.25, 0.3) is 0 Å². The van der Waals surface area contributed by atoms with Gasteiger partial charge in [0.1, 0.15) is 5.31 Å². The van der Waals surface area contributed by atoms with Gasteiger partial charge in [-0.15, -0.1) is 0 Å². The molecule has 0 unspecified atom stereocenters. The Morgan fingerprint density at radius 1 is 1.09 bits per heavy atom. The minimum absolute atomic E-state index is 0.0782. The van der Waals surface area contributed by atoms with Gasteiger partial charge in [0.2, 0.25) is 0 Å². The number of benzene rings is 1. The summed E-state index contributed by atoms with van der Waals surface area (Å²) < 4.78 is 28.1. The van der Waals surface area contributed by atoms with Gasteiger partial charge in [0, 0.05) is 0 Å². The molecule has 0 bridgehead atoms. The average Bonchev–Trinajstić information content (AvgIpc) is 2.49. The predicted molar refractivity (Wildman–Crippen MR) is 85.2 cm³/mol. The van der Waals surface area contributed by atoms with E-state index in [1.54, 1.807) is 20.8 Å². The zero-order chi connectivity index (χ0) is 17.5. The second-order valence-electron chi connectivity index (χ2n) is 4.33. The van der Waals surface area contributed by atoms with Gasteiger partial charge in [-0.25, -0.2) is 4.79 Å². The quantitative estimate of drug-likeness (QED) is 0.323. The summed E-state index contributed by atoms with van der Waals surface area (Å²) in [6.45, 7) is 5.12. The third kappa shape index (κ3) is 5.10. The van der Waals surface area contributed by atoms with Crippen LogP contribution in [0.25, 0.3) is 6.08 Å². The first-order chi connectivity index (χ1) is 10.9. The van der Waals surface area contributed by atoms with Crippen molar-refractivity contribution in [3.8, 4) is 11.5 Å². The van der Waals surface area contributed by atoms with Crippen LogP contribution in [0.1, 0.15) is 26.3 Å². The molecule has 0 aliphatic heterocycles. The van der Waals surface area contributed by atoms with E-state index in [-0.39, 0.29) is 36.6 Å². The normalized spacial score (nSPS) is 12.2. The minimum Gasteiger partial charge on any atom is -0.504 e. The van der Waals surface area contributed by atoms with E-state index in [2.05, 4.69) is 0 Å². The van der Waals surface area contributed by atoms with Crippen LogP contribution in [0.15, 0.2) is 23.5 Å². The van der Waals surface area contributed by atoms with Gasteiger partial charge in [-0.3, -0.25) is 4.57 Å². The number of esters is 1. The van der Waals surface area contributed by atoms with Crippen molar-refractivity contribution in [3.05, 3.63) is 29.1 Å². The zero-order valence-electron chi connectivity index (χ0n) is 13.3. The summed E-state index contributed by atoms with van der Waals surface area (Å²) >= 11 is 0. The van der Waals surface area contributed by atoms with E-state index in [1.165, 1.54) is 24.3 Å². The van der Waals surface area contributed by atoms with Gasteiger partial charge in [0.05, 0.1) is 19.8 Å². The Kier molecular flexibility index (Phi) is 7.29. The fraction of sp³-hybridized carbons (Fsp3) is 0.400. The molecule has 0 amide bonds. The van der Waals surface area contributed by atoms with E-state index < -0.39 is 13.6 Å². The molecule has 7 nitrogen and oxygen atoms in total. The highest BCUT2D eigenvalue weighted by atomic mass is 31.2. The first-order valence-corrected chi connectivity index (χ1v) is 8.72. The maximum absolute atomic E-state index is 12.9. The van der Waals surface area contributed by atoms with E-state index in [4.69, 9.17) is 13.8 Å². The van der Waals surface area contributed by atoms with Crippen LogP contribution >= 0.6 is 7.60 Å². The molecule has 0 aliphatic rings. The molecular formula is C15H21O7P. The lowest BCUT2D eigenvalue weighted by molar-refractivity contribution is -0.137. The molecule has 0 saturated carbocycles. The summed E-state index contributed by atoms with van der Waals surface area (Å²) in [6.07, 6.45) is 1.25. The third-order valence-electron chi connectivity index (χ3n) is 2.68. The van der Waals surface area contributed by atoms with Crippen LogP contribution in [0.5, 0.6) is 11.5 Å². The highest BCUT2D eigenvalue weighted by molar-refractivity contribution is 7.60. The molecular weight excluding hydrogens is 323 g/mol. The summed E-state index contributed by atoms with van der Waals surface area (Å²) in [5, 5.41) is 18.6. The number of phenols is 2. The Labute approximate surface area is 135 Å². The van der Waals surface area contributed by atoms with Crippen molar-refractivity contribution < 1.29 is 33.4 Å². The maximum Gasteiger partial charge on any atom is 0.368 e. The van der Waals surface area contributed by atoms with Gasteiger partial charge in [-0.2, -0.15) is 0 Å². The number of hydrogen-bond acceptors (Lipinski definition) is 7. The summed E-state index contributed by atoms with van der Waals surface area (Å²) in [5.41, 5.74) is 0.336. The van der Waals surface area contributed by atoms with Crippen molar-refractivity contribution in [1.82, 2.24) is 0 Å². The molecule has 0 radical (unpaired) electrons. The maximum atomic E-state index is 12.9. The van der Waals surface area contributed by atoms with Crippen molar-refractivity contribution in [3.63, 3.8) is 0 Å². The average molecular weight is 344 g/mol. The van der Waals surface area contributed by atoms with Crippen LogP contribution in [0.2, 0.25) is 0 Å². The summed E-state index contributed by atoms with van der Waals surface area (Å²) in [6, 6.07) is 3.91. The lowest BCUT2D eigenvalue weighted by atomic mass is 10.2. The van der Waals surface area contributed by atoms with Crippen LogP contribution < -0.4 is 0 Å². The Morgan fingerprint density at radius 3 is 2.17 bits per heavy atom. The molecule has 0 atom stereocenters. The lowest BCUT2D eigenvalue weighted by Gasteiger charge is -2.19. The van der Waals surface area contributed by atoms with Gasteiger partial charge >= 0.3 is 13.6 Å². The molecule has 0 aromatic heterocycles. The Balaban J connectivity index is 3.38. The van der Waals surface area contributed by atoms with Crippen LogP contribution in [-0.2, 0) is 23.1 Å². The number of hydrogen-bond donors (Lipinski definition) is 2. The third-order valence-corrected chi connectivity index (χ3v) is 4.78. The lowest BCUT2D eigenvalue weighted by Crippen LogP contribution is -2.11. The molecule has 0 saturated heterocycles. The Morgan fingerprint density at radius 2 is 1.70 bits per heavy atom. The number of aromatic hydroxyl groups is 2. The van der Waals surface area contributed by atoms with Gasteiger partial charge < -0.3 is 24.0 Å². The minimum atomic E-state index is -3.87. The smallest absolute Gasteiger partial charge is 0.368 e. The zero-order valence-corrected chi connectivity index (χ0v) is 14.2. The summed E-state index contributed by atoms with van der Waals surface area (Å²) in [4.78, 5) is 12.2. The van der Waals surface area contributed by atoms with Gasteiger partial charge in [0.15, 0.2) is 11.5 Å². The molecule has 0 fully saturated rings. The fourth-order valence-corrected chi connectivity index (χ4v) is 3.39. The molecule has 8 heteroatoms. The van der Waals surface area contributed by atoms with E-state index in [1.807, 2.05) is 0 Å². The fourth-order valence-electron chi connectivity index (χ4n) is 1.76. The highest BCUT2D eigenvalue weighted by Gasteiger charge is 2.36. The number of rotatable bonds is 8. The Bertz CT molecular complexity index is 614. The second-order valence-corrected chi connectivity index (χ2v) is 6.32.